The molecular weight excluding hydrogens is 194 g/mol. The number of hydrogen-bond donors (Lipinski definition) is 2. The van der Waals surface area contributed by atoms with Gasteiger partial charge in [-0.1, -0.05) is 6.92 Å². The van der Waals surface area contributed by atoms with Gasteiger partial charge in [0.05, 0.1) is 0 Å². The molecule has 0 spiro atoms. The highest BCUT2D eigenvalue weighted by Gasteiger charge is 2.04. The molecule has 0 rings (SSSR count). The van der Waals surface area contributed by atoms with Crippen LogP contribution in [0.3, 0.4) is 0 Å². The first-order chi connectivity index (χ1) is 7.20. The topological polar surface area (TPSA) is 58.6 Å². The lowest BCUT2D eigenvalue weighted by Crippen LogP contribution is -2.28. The van der Waals surface area contributed by atoms with E-state index in [1.165, 1.54) is 0 Å². The second kappa shape index (κ2) is 9.93. The summed E-state index contributed by atoms with van der Waals surface area (Å²) in [4.78, 5) is 11.3. The predicted octanol–water partition coefficient (Wildman–Crippen LogP) is 0.938. The normalized spacial score (nSPS) is 12.5. The second-order valence-corrected chi connectivity index (χ2v) is 3.72. The van der Waals surface area contributed by atoms with Crippen molar-refractivity contribution in [2.75, 3.05) is 26.4 Å². The van der Waals surface area contributed by atoms with Crippen molar-refractivity contribution >= 4 is 5.91 Å². The Morgan fingerprint density at radius 3 is 2.87 bits per heavy atom. The molecule has 0 aliphatic carbocycles. The van der Waals surface area contributed by atoms with Crippen molar-refractivity contribution < 1.29 is 14.6 Å². The summed E-state index contributed by atoms with van der Waals surface area (Å²) >= 11 is 0. The molecular formula is C11H23NO3. The lowest BCUT2D eigenvalue weighted by atomic mass is 10.1. The maximum Gasteiger partial charge on any atom is 0.220 e. The summed E-state index contributed by atoms with van der Waals surface area (Å²) in [6, 6.07) is 0. The summed E-state index contributed by atoms with van der Waals surface area (Å²) in [5.41, 5.74) is 0. The minimum atomic E-state index is 0.0690. The first kappa shape index (κ1) is 14.4. The third-order valence-electron chi connectivity index (χ3n) is 2.17. The van der Waals surface area contributed by atoms with Gasteiger partial charge in [-0.05, 0) is 25.7 Å². The second-order valence-electron chi connectivity index (χ2n) is 3.72. The third kappa shape index (κ3) is 9.69. The van der Waals surface area contributed by atoms with Crippen molar-refractivity contribution in [1.82, 2.24) is 5.32 Å². The van der Waals surface area contributed by atoms with E-state index in [1.54, 1.807) is 0 Å². The van der Waals surface area contributed by atoms with Crippen LogP contribution in [0.5, 0.6) is 0 Å². The van der Waals surface area contributed by atoms with E-state index >= 15 is 0 Å². The lowest BCUT2D eigenvalue weighted by molar-refractivity contribution is -0.121. The fourth-order valence-electron chi connectivity index (χ4n) is 1.18. The first-order valence-electron chi connectivity index (χ1n) is 5.66. The number of aliphatic hydroxyl groups excluding tert-OH is 1. The van der Waals surface area contributed by atoms with Crippen LogP contribution in [-0.4, -0.2) is 37.4 Å². The van der Waals surface area contributed by atoms with Crippen molar-refractivity contribution in [3.8, 4) is 0 Å². The molecule has 1 atom stereocenters. The number of rotatable bonds is 9. The summed E-state index contributed by atoms with van der Waals surface area (Å²) < 4.78 is 5.13. The molecule has 0 bridgehead atoms. The van der Waals surface area contributed by atoms with E-state index in [1.807, 2.05) is 13.8 Å². The number of ether oxygens (including phenoxy) is 1. The zero-order chi connectivity index (χ0) is 11.5. The van der Waals surface area contributed by atoms with Crippen LogP contribution in [0, 0.1) is 5.92 Å². The SMILES string of the molecule is CCOCCCC(=O)NCC(C)CCO. The molecule has 0 saturated heterocycles. The Bertz CT molecular complexity index is 162. The van der Waals surface area contributed by atoms with Crippen molar-refractivity contribution in [2.45, 2.75) is 33.1 Å². The van der Waals surface area contributed by atoms with Gasteiger partial charge in [-0.25, -0.2) is 0 Å². The monoisotopic (exact) mass is 217 g/mol. The molecule has 0 heterocycles. The van der Waals surface area contributed by atoms with Gasteiger partial charge in [-0.2, -0.15) is 0 Å². The number of nitrogens with one attached hydrogen (secondary N) is 1. The van der Waals surface area contributed by atoms with Crippen LogP contribution < -0.4 is 5.32 Å². The standard InChI is InChI=1S/C11H23NO3/c1-3-15-8-4-5-11(14)12-9-10(2)6-7-13/h10,13H,3-9H2,1-2H3,(H,12,14). The summed E-state index contributed by atoms with van der Waals surface area (Å²) in [6.45, 7) is 6.13. The zero-order valence-corrected chi connectivity index (χ0v) is 9.79. The highest BCUT2D eigenvalue weighted by Crippen LogP contribution is 1.98. The van der Waals surface area contributed by atoms with Gasteiger partial charge in [0.25, 0.3) is 0 Å². The summed E-state index contributed by atoms with van der Waals surface area (Å²) in [5, 5.41) is 11.5. The Morgan fingerprint density at radius 2 is 2.27 bits per heavy atom. The van der Waals surface area contributed by atoms with Crippen LogP contribution in [-0.2, 0) is 9.53 Å². The summed E-state index contributed by atoms with van der Waals surface area (Å²) in [5.74, 6) is 0.408. The largest absolute Gasteiger partial charge is 0.396 e. The Kier molecular flexibility index (Phi) is 9.52. The van der Waals surface area contributed by atoms with E-state index in [2.05, 4.69) is 5.32 Å². The van der Waals surface area contributed by atoms with Gasteiger partial charge in [-0.15, -0.1) is 0 Å². The minimum absolute atomic E-state index is 0.0690. The van der Waals surface area contributed by atoms with Gasteiger partial charge in [0.2, 0.25) is 5.91 Å². The lowest BCUT2D eigenvalue weighted by Gasteiger charge is -2.10. The fourth-order valence-corrected chi connectivity index (χ4v) is 1.18. The maximum atomic E-state index is 11.3. The van der Waals surface area contributed by atoms with E-state index in [0.29, 0.717) is 32.1 Å². The highest BCUT2D eigenvalue weighted by atomic mass is 16.5. The molecule has 0 aromatic heterocycles. The van der Waals surface area contributed by atoms with Crippen LogP contribution in [0.4, 0.5) is 0 Å². The van der Waals surface area contributed by atoms with E-state index in [4.69, 9.17) is 9.84 Å². The van der Waals surface area contributed by atoms with Crippen LogP contribution >= 0.6 is 0 Å². The molecule has 1 unspecified atom stereocenters. The molecule has 0 fully saturated rings. The summed E-state index contributed by atoms with van der Waals surface area (Å²) in [7, 11) is 0. The first-order valence-corrected chi connectivity index (χ1v) is 5.66. The predicted molar refractivity (Wildman–Crippen MR) is 59.6 cm³/mol. The van der Waals surface area contributed by atoms with Crippen molar-refractivity contribution in [2.24, 2.45) is 5.92 Å². The molecule has 0 aliphatic heterocycles. The molecule has 0 saturated carbocycles. The Hall–Kier alpha value is -0.610. The average molecular weight is 217 g/mol. The number of amides is 1. The number of carbonyl (C=O) groups is 1. The number of carbonyl (C=O) groups excluding carboxylic acids is 1. The van der Waals surface area contributed by atoms with Crippen LogP contribution in [0.25, 0.3) is 0 Å². The van der Waals surface area contributed by atoms with Crippen molar-refractivity contribution in [1.29, 1.82) is 0 Å². The number of aliphatic hydroxyl groups is 1. The molecule has 0 radical (unpaired) electrons. The minimum Gasteiger partial charge on any atom is -0.396 e. The smallest absolute Gasteiger partial charge is 0.220 e. The van der Waals surface area contributed by atoms with Crippen LogP contribution in [0.2, 0.25) is 0 Å². The Labute approximate surface area is 92.0 Å². The molecule has 4 heteroatoms. The van der Waals surface area contributed by atoms with Gasteiger partial charge >= 0.3 is 0 Å². The van der Waals surface area contributed by atoms with Gasteiger partial charge in [0, 0.05) is 32.8 Å². The van der Waals surface area contributed by atoms with E-state index < -0.39 is 0 Å². The molecule has 2 N–H and O–H groups in total. The van der Waals surface area contributed by atoms with Crippen molar-refractivity contribution in [3.05, 3.63) is 0 Å². The molecule has 1 amide bonds. The van der Waals surface area contributed by atoms with E-state index in [-0.39, 0.29) is 12.5 Å². The van der Waals surface area contributed by atoms with Crippen LogP contribution in [0.1, 0.15) is 33.1 Å². The van der Waals surface area contributed by atoms with E-state index in [9.17, 15) is 4.79 Å². The van der Waals surface area contributed by atoms with Gasteiger partial charge in [0.1, 0.15) is 0 Å². The molecule has 0 aromatic rings. The average Bonchev–Trinajstić information content (AvgIpc) is 2.22. The maximum absolute atomic E-state index is 11.3. The zero-order valence-electron chi connectivity index (χ0n) is 9.79. The Balaban J connectivity index is 3.32. The van der Waals surface area contributed by atoms with Gasteiger partial charge < -0.3 is 15.2 Å². The third-order valence-corrected chi connectivity index (χ3v) is 2.17. The van der Waals surface area contributed by atoms with Gasteiger partial charge in [-0.3, -0.25) is 4.79 Å². The molecule has 4 nitrogen and oxygen atoms in total. The quantitative estimate of drug-likeness (QED) is 0.565. The molecule has 0 aromatic carbocycles. The highest BCUT2D eigenvalue weighted by molar-refractivity contribution is 5.75. The summed E-state index contributed by atoms with van der Waals surface area (Å²) in [6.07, 6.45) is 2.03. The fraction of sp³-hybridized carbons (Fsp3) is 0.909. The Morgan fingerprint density at radius 1 is 1.53 bits per heavy atom. The van der Waals surface area contributed by atoms with Crippen molar-refractivity contribution in [3.63, 3.8) is 0 Å². The molecule has 0 aliphatic rings. The van der Waals surface area contributed by atoms with E-state index in [0.717, 1.165) is 12.8 Å². The molecule has 15 heavy (non-hydrogen) atoms. The van der Waals surface area contributed by atoms with Gasteiger partial charge in [0.15, 0.2) is 0 Å². The number of hydrogen-bond acceptors (Lipinski definition) is 3. The molecule has 90 valence electrons. The van der Waals surface area contributed by atoms with Crippen LogP contribution in [0.15, 0.2) is 0 Å².